The molecule has 2 aromatic carbocycles. The molecular formula is C18H17ClSSi. The molecule has 0 aliphatic heterocycles. The van der Waals surface area contributed by atoms with Crippen molar-refractivity contribution in [2.24, 2.45) is 0 Å². The highest BCUT2D eigenvalue weighted by Crippen LogP contribution is 2.49. The summed E-state index contributed by atoms with van der Waals surface area (Å²) in [5.41, 5.74) is 4.71. The fourth-order valence-corrected chi connectivity index (χ4v) is 7.87. The van der Waals surface area contributed by atoms with Gasteiger partial charge in [0.15, 0.2) is 7.38 Å². The normalized spacial score (nSPS) is 18.3. The summed E-state index contributed by atoms with van der Waals surface area (Å²) in [5, 5.41) is 2.82. The van der Waals surface area contributed by atoms with E-state index >= 15 is 0 Å². The molecule has 0 N–H and O–H groups in total. The fraction of sp³-hybridized carbons (Fsp3) is 0.222. The van der Waals surface area contributed by atoms with E-state index in [1.54, 1.807) is 0 Å². The van der Waals surface area contributed by atoms with Gasteiger partial charge in [0.2, 0.25) is 0 Å². The summed E-state index contributed by atoms with van der Waals surface area (Å²) in [4.78, 5) is 0. The second-order valence-electron chi connectivity index (χ2n) is 6.43. The Kier molecular flexibility index (Phi) is 2.87. The average molecular weight is 329 g/mol. The fourth-order valence-electron chi connectivity index (χ4n) is 3.74. The van der Waals surface area contributed by atoms with Gasteiger partial charge in [-0.3, -0.25) is 0 Å². The van der Waals surface area contributed by atoms with Crippen LogP contribution >= 0.6 is 22.4 Å². The number of fused-ring (bicyclic) bond motifs is 5. The first-order valence-electron chi connectivity index (χ1n) is 7.28. The first kappa shape index (κ1) is 13.6. The molecule has 1 heterocycles. The summed E-state index contributed by atoms with van der Waals surface area (Å²) in [6, 6.07) is 13.3. The van der Waals surface area contributed by atoms with E-state index in [1.807, 2.05) is 11.3 Å². The average Bonchev–Trinajstić information content (AvgIpc) is 2.93. The number of rotatable bonds is 1. The molecule has 1 aromatic heterocycles. The van der Waals surface area contributed by atoms with E-state index in [1.165, 1.54) is 36.9 Å². The Labute approximate surface area is 134 Å². The van der Waals surface area contributed by atoms with Gasteiger partial charge in [0, 0.05) is 25.7 Å². The number of allylic oxidation sites excluding steroid dienone is 1. The van der Waals surface area contributed by atoms with Gasteiger partial charge >= 0.3 is 0 Å². The van der Waals surface area contributed by atoms with Crippen molar-refractivity contribution in [1.82, 2.24) is 0 Å². The maximum atomic E-state index is 6.88. The molecule has 1 aliphatic carbocycles. The number of hydrogen-bond donors (Lipinski definition) is 0. The van der Waals surface area contributed by atoms with Crippen LogP contribution in [0.3, 0.4) is 0 Å². The van der Waals surface area contributed by atoms with E-state index in [0.717, 1.165) is 0 Å². The van der Waals surface area contributed by atoms with E-state index in [0.29, 0.717) is 5.54 Å². The Morgan fingerprint density at radius 2 is 1.81 bits per heavy atom. The van der Waals surface area contributed by atoms with Crippen LogP contribution in [0.5, 0.6) is 0 Å². The van der Waals surface area contributed by atoms with Gasteiger partial charge in [-0.15, -0.1) is 11.3 Å². The van der Waals surface area contributed by atoms with Crippen molar-refractivity contribution in [2.45, 2.75) is 25.6 Å². The van der Waals surface area contributed by atoms with Crippen molar-refractivity contribution < 1.29 is 0 Å². The number of benzene rings is 2. The van der Waals surface area contributed by atoms with Crippen molar-refractivity contribution in [3.8, 4) is 0 Å². The molecule has 3 aromatic rings. The Balaban J connectivity index is 2.15. The lowest BCUT2D eigenvalue weighted by atomic mass is 10.0. The molecule has 3 heteroatoms. The zero-order chi connectivity index (χ0) is 14.8. The van der Waals surface area contributed by atoms with Crippen molar-refractivity contribution in [1.29, 1.82) is 0 Å². The van der Waals surface area contributed by atoms with Crippen LogP contribution in [0.2, 0.25) is 13.1 Å². The molecule has 0 radical (unpaired) electrons. The predicted molar refractivity (Wildman–Crippen MR) is 99.1 cm³/mol. The molecule has 1 aliphatic rings. The molecule has 0 saturated heterocycles. The van der Waals surface area contributed by atoms with Gasteiger partial charge in [-0.2, -0.15) is 11.1 Å². The topological polar surface area (TPSA) is 0 Å². The molecular weight excluding hydrogens is 312 g/mol. The summed E-state index contributed by atoms with van der Waals surface area (Å²) in [6.45, 7) is 6.76. The molecule has 4 rings (SSSR count). The molecule has 0 fully saturated rings. The van der Waals surface area contributed by atoms with E-state index in [4.69, 9.17) is 11.1 Å². The van der Waals surface area contributed by atoms with Crippen molar-refractivity contribution in [2.75, 3.05) is 0 Å². The van der Waals surface area contributed by atoms with E-state index in [2.05, 4.69) is 62.5 Å². The molecule has 1 atom stereocenters. The van der Waals surface area contributed by atoms with Crippen LogP contribution in [-0.2, 0) is 0 Å². The molecule has 21 heavy (non-hydrogen) atoms. The Morgan fingerprint density at radius 3 is 2.57 bits per heavy atom. The Morgan fingerprint density at radius 1 is 1.05 bits per heavy atom. The van der Waals surface area contributed by atoms with Crippen LogP contribution in [0, 0.1) is 0 Å². The third kappa shape index (κ3) is 1.93. The second kappa shape index (κ2) is 4.45. The lowest BCUT2D eigenvalue weighted by Gasteiger charge is -2.25. The standard InChI is InChI=1S/C18H17ClSSi/c1-11-10-12-8-9-15-17(16(12)18(11)21(2,3)19)13-6-4-5-7-14(13)20-15/h4-10,18H,1-3H3. The third-order valence-corrected chi connectivity index (χ3v) is 8.34. The van der Waals surface area contributed by atoms with E-state index < -0.39 is 7.38 Å². The molecule has 106 valence electrons. The zero-order valence-corrected chi connectivity index (χ0v) is 15.0. The van der Waals surface area contributed by atoms with E-state index in [-0.39, 0.29) is 0 Å². The zero-order valence-electron chi connectivity index (χ0n) is 12.4. The van der Waals surface area contributed by atoms with Gasteiger partial charge in [0.1, 0.15) is 0 Å². The smallest absolute Gasteiger partial charge is 0.161 e. The minimum Gasteiger partial charge on any atom is -0.167 e. The van der Waals surface area contributed by atoms with Crippen molar-refractivity contribution >= 4 is 56.0 Å². The highest BCUT2D eigenvalue weighted by Gasteiger charge is 2.38. The van der Waals surface area contributed by atoms with E-state index in [9.17, 15) is 0 Å². The van der Waals surface area contributed by atoms with Gasteiger partial charge in [-0.25, -0.2) is 0 Å². The van der Waals surface area contributed by atoms with Gasteiger partial charge in [-0.1, -0.05) is 49.0 Å². The highest BCUT2D eigenvalue weighted by molar-refractivity contribution is 7.26. The van der Waals surface area contributed by atoms with Crippen LogP contribution < -0.4 is 0 Å². The lowest BCUT2D eigenvalue weighted by molar-refractivity contribution is 1.11. The monoisotopic (exact) mass is 328 g/mol. The lowest BCUT2D eigenvalue weighted by Crippen LogP contribution is -2.28. The molecule has 1 unspecified atom stereocenters. The minimum absolute atomic E-state index is 0.427. The Bertz CT molecular complexity index is 899. The quantitative estimate of drug-likeness (QED) is 0.351. The van der Waals surface area contributed by atoms with Gasteiger partial charge in [-0.05, 0) is 30.2 Å². The van der Waals surface area contributed by atoms with Crippen LogP contribution in [0.1, 0.15) is 23.6 Å². The Hall–Kier alpha value is -1.09. The third-order valence-electron chi connectivity index (χ3n) is 4.43. The van der Waals surface area contributed by atoms with Crippen LogP contribution in [0.25, 0.3) is 26.2 Å². The number of hydrogen-bond acceptors (Lipinski definition) is 1. The summed E-state index contributed by atoms with van der Waals surface area (Å²) >= 11 is 8.77. The summed E-state index contributed by atoms with van der Waals surface area (Å²) in [6.07, 6.45) is 2.34. The van der Waals surface area contributed by atoms with Crippen LogP contribution in [0.4, 0.5) is 0 Å². The van der Waals surface area contributed by atoms with Crippen molar-refractivity contribution in [3.63, 3.8) is 0 Å². The summed E-state index contributed by atoms with van der Waals surface area (Å²) in [7, 11) is -1.81. The largest absolute Gasteiger partial charge is 0.167 e. The molecule has 0 nitrogen and oxygen atoms in total. The SMILES string of the molecule is CC1=Cc2ccc3sc4ccccc4c3c2C1[Si](C)(C)Cl. The molecule has 0 spiro atoms. The summed E-state index contributed by atoms with van der Waals surface area (Å²) < 4.78 is 2.76. The first-order chi connectivity index (χ1) is 9.97. The predicted octanol–water partition coefficient (Wildman–Crippen LogP) is 6.54. The number of halogens is 1. The van der Waals surface area contributed by atoms with Crippen LogP contribution in [-0.4, -0.2) is 7.38 Å². The summed E-state index contributed by atoms with van der Waals surface area (Å²) in [5.74, 6) is 0. The maximum Gasteiger partial charge on any atom is 0.161 e. The molecule has 0 amide bonds. The van der Waals surface area contributed by atoms with Crippen molar-refractivity contribution in [3.05, 3.63) is 53.1 Å². The van der Waals surface area contributed by atoms with Crippen LogP contribution in [0.15, 0.2) is 42.0 Å². The van der Waals surface area contributed by atoms with Gasteiger partial charge in [0.25, 0.3) is 0 Å². The first-order valence-corrected chi connectivity index (χ1v) is 12.2. The maximum absolute atomic E-state index is 6.88. The van der Waals surface area contributed by atoms with Gasteiger partial charge < -0.3 is 0 Å². The highest BCUT2D eigenvalue weighted by atomic mass is 35.6. The molecule has 0 saturated carbocycles. The minimum atomic E-state index is -1.81. The molecule has 0 bridgehead atoms. The van der Waals surface area contributed by atoms with Gasteiger partial charge in [0.05, 0.1) is 0 Å². The second-order valence-corrected chi connectivity index (χ2v) is 14.1. The number of thiophene rings is 1.